The third-order valence-corrected chi connectivity index (χ3v) is 7.54. The van der Waals surface area contributed by atoms with Gasteiger partial charge in [0.25, 0.3) is 0 Å². The Morgan fingerprint density at radius 1 is 0.646 bits per heavy atom. The van der Waals surface area contributed by atoms with Crippen LogP contribution in [0.2, 0.25) is 0 Å². The molecule has 0 bridgehead atoms. The first-order valence-electron chi connectivity index (χ1n) is 15.4. The van der Waals surface area contributed by atoms with Gasteiger partial charge >= 0.3 is 5.97 Å². The Balaban J connectivity index is 1.30. The van der Waals surface area contributed by atoms with E-state index in [9.17, 15) is 15.0 Å². The number of rotatable bonds is 11. The number of hydrogen-bond donors (Lipinski definition) is 2. The molecule has 0 aliphatic rings. The van der Waals surface area contributed by atoms with Crippen LogP contribution in [0.5, 0.6) is 11.5 Å². The highest BCUT2D eigenvalue weighted by Crippen LogP contribution is 2.33. The van der Waals surface area contributed by atoms with Crippen LogP contribution in [0, 0.1) is 0 Å². The molecule has 0 fully saturated rings. The van der Waals surface area contributed by atoms with Crippen LogP contribution in [0.1, 0.15) is 6.92 Å². The second-order valence-corrected chi connectivity index (χ2v) is 11.2. The van der Waals surface area contributed by atoms with Gasteiger partial charge in [-0.1, -0.05) is 116 Å². The molecule has 238 valence electrons. The van der Waals surface area contributed by atoms with Crippen LogP contribution in [0.3, 0.4) is 0 Å². The minimum Gasteiger partial charge on any atom is -0.507 e. The minimum absolute atomic E-state index is 0.113. The van der Waals surface area contributed by atoms with Crippen LogP contribution in [0.4, 0.5) is 0 Å². The summed E-state index contributed by atoms with van der Waals surface area (Å²) in [5, 5.41) is 21.2. The summed E-state index contributed by atoms with van der Waals surface area (Å²) in [5.41, 5.74) is 6.55. The number of benzene rings is 5. The zero-order chi connectivity index (χ0) is 33.5. The van der Waals surface area contributed by atoms with E-state index in [4.69, 9.17) is 24.4 Å². The maximum Gasteiger partial charge on any atom is 0.333 e. The molecule has 0 aliphatic carbocycles. The SMILES string of the molecule is C=C(C)C(=O)OCC(O)COc1ccc(-c2nc(-c3ccc(-c4ccccc4)cc3)nc(-c3ccc(-c4ccccc4)cc3)n2)c(O)c1. The zero-order valence-corrected chi connectivity index (χ0v) is 26.3. The van der Waals surface area contributed by atoms with Crippen molar-refractivity contribution in [2.75, 3.05) is 13.2 Å². The summed E-state index contributed by atoms with van der Waals surface area (Å²) >= 11 is 0. The van der Waals surface area contributed by atoms with Gasteiger partial charge in [-0.3, -0.25) is 0 Å². The first kappa shape index (κ1) is 31.8. The number of carbonyl (C=O) groups excluding carboxylic acids is 1. The molecule has 1 atom stereocenters. The van der Waals surface area contributed by atoms with Crippen molar-refractivity contribution in [1.29, 1.82) is 0 Å². The lowest BCUT2D eigenvalue weighted by Gasteiger charge is -2.14. The van der Waals surface area contributed by atoms with Crippen molar-refractivity contribution in [3.05, 3.63) is 140 Å². The molecule has 8 heteroatoms. The predicted molar refractivity (Wildman–Crippen MR) is 186 cm³/mol. The fourth-order valence-corrected chi connectivity index (χ4v) is 4.97. The highest BCUT2D eigenvalue weighted by molar-refractivity contribution is 5.87. The Kier molecular flexibility index (Phi) is 9.64. The molecule has 0 amide bonds. The third kappa shape index (κ3) is 7.63. The molecule has 1 unspecified atom stereocenters. The molecule has 6 aromatic rings. The predicted octanol–water partition coefficient (Wildman–Crippen LogP) is 7.77. The van der Waals surface area contributed by atoms with Gasteiger partial charge in [0.05, 0.1) is 5.56 Å². The van der Waals surface area contributed by atoms with E-state index in [1.165, 1.54) is 13.0 Å². The molecule has 0 aliphatic heterocycles. The number of phenolic OH excluding ortho intramolecular Hbond substituents is 1. The lowest BCUT2D eigenvalue weighted by molar-refractivity contribution is -0.142. The molecule has 2 N–H and O–H groups in total. The lowest BCUT2D eigenvalue weighted by Crippen LogP contribution is -2.25. The average molecular weight is 636 g/mol. The highest BCUT2D eigenvalue weighted by atomic mass is 16.5. The molecule has 1 aromatic heterocycles. The fourth-order valence-electron chi connectivity index (χ4n) is 4.97. The quantitative estimate of drug-likeness (QED) is 0.110. The smallest absolute Gasteiger partial charge is 0.333 e. The van der Waals surface area contributed by atoms with Crippen molar-refractivity contribution in [3.8, 4) is 67.9 Å². The van der Waals surface area contributed by atoms with E-state index in [0.29, 0.717) is 23.0 Å². The monoisotopic (exact) mass is 635 g/mol. The second kappa shape index (κ2) is 14.5. The Morgan fingerprint density at radius 2 is 1.10 bits per heavy atom. The van der Waals surface area contributed by atoms with Gasteiger partial charge in [-0.15, -0.1) is 0 Å². The van der Waals surface area contributed by atoms with E-state index in [1.54, 1.807) is 12.1 Å². The van der Waals surface area contributed by atoms with E-state index < -0.39 is 12.1 Å². The van der Waals surface area contributed by atoms with Crippen molar-refractivity contribution < 1.29 is 24.5 Å². The van der Waals surface area contributed by atoms with Gasteiger partial charge in [0.1, 0.15) is 30.8 Å². The molecule has 0 saturated carbocycles. The van der Waals surface area contributed by atoms with Crippen molar-refractivity contribution >= 4 is 5.97 Å². The van der Waals surface area contributed by atoms with Crippen molar-refractivity contribution in [3.63, 3.8) is 0 Å². The number of phenols is 1. The number of aromatic hydroxyl groups is 1. The molecular formula is C40H33N3O5. The van der Waals surface area contributed by atoms with E-state index in [-0.39, 0.29) is 30.4 Å². The maximum atomic E-state index is 11.6. The van der Waals surface area contributed by atoms with Gasteiger partial charge in [-0.25, -0.2) is 19.7 Å². The summed E-state index contributed by atoms with van der Waals surface area (Å²) in [6.45, 7) is 4.64. The van der Waals surface area contributed by atoms with Crippen molar-refractivity contribution in [1.82, 2.24) is 15.0 Å². The topological polar surface area (TPSA) is 115 Å². The van der Waals surface area contributed by atoms with E-state index in [1.807, 2.05) is 84.9 Å². The number of aliphatic hydroxyl groups is 1. The first-order chi connectivity index (χ1) is 23.3. The molecule has 6 rings (SSSR count). The first-order valence-corrected chi connectivity index (χ1v) is 15.4. The van der Waals surface area contributed by atoms with Gasteiger partial charge in [0, 0.05) is 22.8 Å². The van der Waals surface area contributed by atoms with Crippen molar-refractivity contribution in [2.24, 2.45) is 0 Å². The Bertz CT molecular complexity index is 1930. The fraction of sp³-hybridized carbons (Fsp3) is 0.100. The zero-order valence-electron chi connectivity index (χ0n) is 26.3. The number of carbonyl (C=O) groups is 1. The largest absolute Gasteiger partial charge is 0.507 e. The van der Waals surface area contributed by atoms with Gasteiger partial charge in [-0.2, -0.15) is 0 Å². The van der Waals surface area contributed by atoms with Crippen LogP contribution in [0.15, 0.2) is 140 Å². The molecule has 0 saturated heterocycles. The molecular weight excluding hydrogens is 602 g/mol. The second-order valence-electron chi connectivity index (χ2n) is 11.2. The Hall–Kier alpha value is -6.12. The molecule has 1 heterocycles. The summed E-state index contributed by atoms with van der Waals surface area (Å²) < 4.78 is 10.6. The van der Waals surface area contributed by atoms with Crippen LogP contribution >= 0.6 is 0 Å². The van der Waals surface area contributed by atoms with Gasteiger partial charge < -0.3 is 19.7 Å². The molecule has 5 aromatic carbocycles. The van der Waals surface area contributed by atoms with Gasteiger partial charge in [0.2, 0.25) is 0 Å². The summed E-state index contributed by atoms with van der Waals surface area (Å²) in [4.78, 5) is 26.0. The Labute approximate surface area is 278 Å². The van der Waals surface area contributed by atoms with Crippen molar-refractivity contribution in [2.45, 2.75) is 13.0 Å². The number of aromatic nitrogens is 3. The Morgan fingerprint density at radius 3 is 1.58 bits per heavy atom. The molecule has 0 radical (unpaired) electrons. The van der Waals surface area contributed by atoms with Gasteiger partial charge in [0.15, 0.2) is 17.5 Å². The number of hydrogen-bond acceptors (Lipinski definition) is 8. The number of ether oxygens (including phenoxy) is 2. The van der Waals surface area contributed by atoms with Crippen LogP contribution in [0.25, 0.3) is 56.4 Å². The summed E-state index contributed by atoms with van der Waals surface area (Å²) in [6, 6.07) is 40.9. The number of esters is 1. The summed E-state index contributed by atoms with van der Waals surface area (Å²) in [6.07, 6.45) is -1.06. The highest BCUT2D eigenvalue weighted by Gasteiger charge is 2.17. The summed E-state index contributed by atoms with van der Waals surface area (Å²) in [5.74, 6) is 0.793. The van der Waals surface area contributed by atoms with Crippen LogP contribution < -0.4 is 4.74 Å². The van der Waals surface area contributed by atoms with Gasteiger partial charge in [-0.05, 0) is 41.3 Å². The summed E-state index contributed by atoms with van der Waals surface area (Å²) in [7, 11) is 0. The number of nitrogens with zero attached hydrogens (tertiary/aromatic N) is 3. The lowest BCUT2D eigenvalue weighted by atomic mass is 10.0. The van der Waals surface area contributed by atoms with E-state index >= 15 is 0 Å². The standard InChI is InChI=1S/C40H33N3O5/c1-26(2)40(46)48-25-33(44)24-47-34-21-22-35(36(45)23-34)39-42-37(31-17-13-29(14-18-31)27-9-5-3-6-10-27)41-38(43-39)32-19-15-30(16-20-32)28-11-7-4-8-12-28/h3-23,33,44-45H,1,24-25H2,2H3. The van der Waals surface area contributed by atoms with Crippen LogP contribution in [-0.2, 0) is 9.53 Å². The minimum atomic E-state index is -1.06. The maximum absolute atomic E-state index is 11.6. The average Bonchev–Trinajstić information content (AvgIpc) is 3.13. The normalized spacial score (nSPS) is 11.5. The van der Waals surface area contributed by atoms with E-state index in [2.05, 4.69) is 30.8 Å². The van der Waals surface area contributed by atoms with Crippen LogP contribution in [-0.4, -0.2) is 50.5 Å². The molecule has 0 spiro atoms. The molecule has 48 heavy (non-hydrogen) atoms. The molecule has 8 nitrogen and oxygen atoms in total. The third-order valence-electron chi connectivity index (χ3n) is 7.54. The van der Waals surface area contributed by atoms with E-state index in [0.717, 1.165) is 33.4 Å². The number of aliphatic hydroxyl groups excluding tert-OH is 1.